The molecular formula is C17H17N3O. The zero-order valence-electron chi connectivity index (χ0n) is 12.1. The van der Waals surface area contributed by atoms with E-state index in [1.165, 1.54) is 0 Å². The molecule has 4 heteroatoms. The summed E-state index contributed by atoms with van der Waals surface area (Å²) in [6.45, 7) is 3.90. The third-order valence-electron chi connectivity index (χ3n) is 3.32. The summed E-state index contributed by atoms with van der Waals surface area (Å²) in [7, 11) is 0. The minimum Gasteiger partial charge on any atom is -0.437 e. The van der Waals surface area contributed by atoms with Crippen LogP contribution in [0.5, 0.6) is 11.6 Å². The van der Waals surface area contributed by atoms with Crippen LogP contribution in [0.1, 0.15) is 24.2 Å². The average molecular weight is 279 g/mol. The molecule has 3 aromatic rings. The van der Waals surface area contributed by atoms with Crippen molar-refractivity contribution in [2.45, 2.75) is 19.9 Å². The summed E-state index contributed by atoms with van der Waals surface area (Å²) in [5, 5.41) is 1.04. The van der Waals surface area contributed by atoms with E-state index in [0.29, 0.717) is 11.6 Å². The highest BCUT2D eigenvalue weighted by Gasteiger charge is 2.07. The zero-order chi connectivity index (χ0) is 14.8. The first-order valence-electron chi connectivity index (χ1n) is 6.89. The van der Waals surface area contributed by atoms with Crippen molar-refractivity contribution in [3.05, 3.63) is 59.9 Å². The molecule has 2 N–H and O–H groups in total. The lowest BCUT2D eigenvalue weighted by Gasteiger charge is -2.10. The van der Waals surface area contributed by atoms with Crippen molar-refractivity contribution in [3.8, 4) is 11.6 Å². The third-order valence-corrected chi connectivity index (χ3v) is 3.32. The molecule has 0 aliphatic carbocycles. The maximum atomic E-state index is 5.91. The molecule has 3 rings (SSSR count). The summed E-state index contributed by atoms with van der Waals surface area (Å²) in [6, 6.07) is 13.6. The average Bonchev–Trinajstić information content (AvgIpc) is 2.48. The number of nitrogens with two attached hydrogens (primary N) is 1. The van der Waals surface area contributed by atoms with E-state index < -0.39 is 0 Å². The van der Waals surface area contributed by atoms with E-state index in [0.717, 1.165) is 22.2 Å². The van der Waals surface area contributed by atoms with E-state index in [4.69, 9.17) is 10.5 Å². The number of ether oxygens (including phenoxy) is 1. The van der Waals surface area contributed by atoms with Gasteiger partial charge in [0.05, 0.1) is 0 Å². The molecule has 1 atom stereocenters. The van der Waals surface area contributed by atoms with Gasteiger partial charge in [0.25, 0.3) is 0 Å². The Kier molecular flexibility index (Phi) is 3.54. The van der Waals surface area contributed by atoms with Crippen LogP contribution >= 0.6 is 0 Å². The molecule has 0 aliphatic heterocycles. The number of benzene rings is 1. The molecule has 2 aromatic heterocycles. The second-order valence-corrected chi connectivity index (χ2v) is 5.10. The van der Waals surface area contributed by atoms with Gasteiger partial charge in [-0.05, 0) is 37.6 Å². The molecule has 0 unspecified atom stereocenters. The van der Waals surface area contributed by atoms with Crippen molar-refractivity contribution in [3.63, 3.8) is 0 Å². The smallest absolute Gasteiger partial charge is 0.219 e. The van der Waals surface area contributed by atoms with Crippen LogP contribution in [0.4, 0.5) is 0 Å². The van der Waals surface area contributed by atoms with Crippen LogP contribution < -0.4 is 10.5 Å². The molecule has 0 amide bonds. The Hall–Kier alpha value is -2.46. The maximum absolute atomic E-state index is 5.91. The predicted molar refractivity (Wildman–Crippen MR) is 83.4 cm³/mol. The molecule has 0 bridgehead atoms. The van der Waals surface area contributed by atoms with E-state index in [1.807, 2.05) is 56.3 Å². The molecule has 4 nitrogen and oxygen atoms in total. The number of rotatable bonds is 3. The monoisotopic (exact) mass is 279 g/mol. The Morgan fingerprint density at radius 1 is 1.14 bits per heavy atom. The minimum atomic E-state index is -0.0526. The van der Waals surface area contributed by atoms with E-state index >= 15 is 0 Å². The van der Waals surface area contributed by atoms with Crippen molar-refractivity contribution in [2.24, 2.45) is 5.73 Å². The van der Waals surface area contributed by atoms with Crippen LogP contribution in [0.15, 0.2) is 48.7 Å². The zero-order valence-corrected chi connectivity index (χ0v) is 12.1. The van der Waals surface area contributed by atoms with Gasteiger partial charge in [0.2, 0.25) is 5.88 Å². The van der Waals surface area contributed by atoms with E-state index in [9.17, 15) is 0 Å². The highest BCUT2D eigenvalue weighted by atomic mass is 16.5. The number of pyridine rings is 2. The van der Waals surface area contributed by atoms with Gasteiger partial charge in [-0.25, -0.2) is 9.97 Å². The number of aromatic nitrogens is 2. The quantitative estimate of drug-likeness (QED) is 0.793. The topological polar surface area (TPSA) is 61.0 Å². The summed E-state index contributed by atoms with van der Waals surface area (Å²) in [5.74, 6) is 1.23. The normalized spacial score (nSPS) is 12.3. The van der Waals surface area contributed by atoms with Crippen LogP contribution in [-0.4, -0.2) is 9.97 Å². The molecule has 0 saturated carbocycles. The highest BCUT2D eigenvalue weighted by Crippen LogP contribution is 2.28. The number of nitrogens with zero attached hydrogens (tertiary/aromatic N) is 2. The van der Waals surface area contributed by atoms with Gasteiger partial charge in [0.1, 0.15) is 5.52 Å². The fourth-order valence-electron chi connectivity index (χ4n) is 2.18. The van der Waals surface area contributed by atoms with E-state index in [1.54, 1.807) is 6.20 Å². The third kappa shape index (κ3) is 2.85. The number of para-hydroxylation sites is 1. The molecule has 1 aromatic carbocycles. The first-order valence-corrected chi connectivity index (χ1v) is 6.89. The van der Waals surface area contributed by atoms with Crippen molar-refractivity contribution in [1.29, 1.82) is 0 Å². The van der Waals surface area contributed by atoms with Crippen molar-refractivity contribution in [2.75, 3.05) is 0 Å². The lowest BCUT2D eigenvalue weighted by atomic mass is 10.1. The second kappa shape index (κ2) is 5.50. The molecule has 21 heavy (non-hydrogen) atoms. The Labute approximate surface area is 123 Å². The van der Waals surface area contributed by atoms with Gasteiger partial charge in [-0.15, -0.1) is 0 Å². The molecule has 0 aliphatic rings. The van der Waals surface area contributed by atoms with Gasteiger partial charge in [-0.2, -0.15) is 0 Å². The number of fused-ring (bicyclic) bond motifs is 1. The Balaban J connectivity index is 2.02. The predicted octanol–water partition coefficient (Wildman–Crippen LogP) is 3.75. The van der Waals surface area contributed by atoms with Crippen molar-refractivity contribution < 1.29 is 4.74 Å². The lowest BCUT2D eigenvalue weighted by Crippen LogP contribution is -2.05. The summed E-state index contributed by atoms with van der Waals surface area (Å²) >= 11 is 0. The lowest BCUT2D eigenvalue weighted by molar-refractivity contribution is 0.465. The van der Waals surface area contributed by atoms with Gasteiger partial charge >= 0.3 is 0 Å². The first-order chi connectivity index (χ1) is 10.1. The van der Waals surface area contributed by atoms with Crippen molar-refractivity contribution >= 4 is 10.9 Å². The van der Waals surface area contributed by atoms with Crippen LogP contribution in [0.3, 0.4) is 0 Å². The molecular weight excluding hydrogens is 262 g/mol. The highest BCUT2D eigenvalue weighted by molar-refractivity contribution is 5.84. The fraction of sp³-hybridized carbons (Fsp3) is 0.176. The fourth-order valence-corrected chi connectivity index (χ4v) is 2.18. The van der Waals surface area contributed by atoms with Gasteiger partial charge in [-0.3, -0.25) is 0 Å². The maximum Gasteiger partial charge on any atom is 0.219 e. The molecule has 2 heterocycles. The number of hydrogen-bond acceptors (Lipinski definition) is 4. The summed E-state index contributed by atoms with van der Waals surface area (Å²) < 4.78 is 5.91. The van der Waals surface area contributed by atoms with Gasteiger partial charge in [0, 0.05) is 29.4 Å². The first kappa shape index (κ1) is 13.5. The molecule has 0 radical (unpaired) electrons. The molecule has 106 valence electrons. The number of hydrogen-bond donors (Lipinski definition) is 1. The van der Waals surface area contributed by atoms with Crippen LogP contribution in [0.25, 0.3) is 10.9 Å². The summed E-state index contributed by atoms with van der Waals surface area (Å²) in [5.41, 5.74) is 8.67. The Morgan fingerprint density at radius 3 is 2.81 bits per heavy atom. The van der Waals surface area contributed by atoms with Gasteiger partial charge in [0.15, 0.2) is 5.75 Å². The van der Waals surface area contributed by atoms with Crippen molar-refractivity contribution in [1.82, 2.24) is 9.97 Å². The van der Waals surface area contributed by atoms with E-state index in [2.05, 4.69) is 9.97 Å². The Morgan fingerprint density at radius 2 is 2.00 bits per heavy atom. The minimum absolute atomic E-state index is 0.0526. The molecule has 0 spiro atoms. The van der Waals surface area contributed by atoms with Crippen LogP contribution in [0.2, 0.25) is 0 Å². The molecule has 0 fully saturated rings. The summed E-state index contributed by atoms with van der Waals surface area (Å²) in [6.07, 6.45) is 1.71. The summed E-state index contributed by atoms with van der Waals surface area (Å²) in [4.78, 5) is 8.79. The van der Waals surface area contributed by atoms with Crippen LogP contribution in [-0.2, 0) is 0 Å². The number of aryl methyl sites for hydroxylation is 1. The standard InChI is InChI=1S/C17H17N3O/c1-11-6-7-13-4-3-5-15(17(13)20-11)21-16-10-14(12(2)18)8-9-19-16/h3-10,12H,18H2,1-2H3/t12-/m1/s1. The van der Waals surface area contributed by atoms with Gasteiger partial charge in [-0.1, -0.05) is 18.2 Å². The molecule has 0 saturated heterocycles. The van der Waals surface area contributed by atoms with Gasteiger partial charge < -0.3 is 10.5 Å². The second-order valence-electron chi connectivity index (χ2n) is 5.10. The van der Waals surface area contributed by atoms with Crippen LogP contribution in [0, 0.1) is 6.92 Å². The Bertz CT molecular complexity index is 784. The van der Waals surface area contributed by atoms with E-state index in [-0.39, 0.29) is 6.04 Å². The largest absolute Gasteiger partial charge is 0.437 e. The SMILES string of the molecule is Cc1ccc2cccc(Oc3cc([C@@H](C)N)ccn3)c2n1.